The number of hydrogen-bond acceptors (Lipinski definition) is 6. The van der Waals surface area contributed by atoms with E-state index in [0.29, 0.717) is 11.5 Å². The van der Waals surface area contributed by atoms with Gasteiger partial charge in [-0.05, 0) is 0 Å². The van der Waals surface area contributed by atoms with Crippen LogP contribution in [0.25, 0.3) is 0 Å². The minimum absolute atomic E-state index is 0.146. The third-order valence-corrected chi connectivity index (χ3v) is 3.16. The van der Waals surface area contributed by atoms with E-state index < -0.39 is 17.9 Å². The molecule has 0 heterocycles. The molecule has 1 aromatic carbocycles. The van der Waals surface area contributed by atoms with Crippen LogP contribution < -0.4 is 19.5 Å². The summed E-state index contributed by atoms with van der Waals surface area (Å²) >= 11 is 0. The van der Waals surface area contributed by atoms with E-state index in [0.717, 1.165) is 0 Å². The van der Waals surface area contributed by atoms with Crippen LogP contribution in [0, 0.1) is 0 Å². The Morgan fingerprint density at radius 1 is 1.04 bits per heavy atom. The second-order valence-electron chi connectivity index (χ2n) is 4.55. The number of carboxylic acids is 1. The monoisotopic (exact) mass is 327 g/mol. The maximum Gasteiger partial charge on any atom is 0.326 e. The van der Waals surface area contributed by atoms with Crippen LogP contribution in [0.1, 0.15) is 16.8 Å². The number of aliphatic carboxylic acids is 1. The second kappa shape index (κ2) is 8.84. The lowest BCUT2D eigenvalue weighted by Crippen LogP contribution is -2.41. The molecule has 0 fully saturated rings. The average molecular weight is 327 g/mol. The highest BCUT2D eigenvalue weighted by Crippen LogP contribution is 2.34. The maximum atomic E-state index is 12.4. The van der Waals surface area contributed by atoms with Gasteiger partial charge in [0.1, 0.15) is 11.8 Å². The van der Waals surface area contributed by atoms with Crippen molar-refractivity contribution in [1.29, 1.82) is 0 Å². The molecule has 23 heavy (non-hydrogen) atoms. The quantitative estimate of drug-likeness (QED) is 0.695. The molecule has 1 unspecified atom stereocenters. The molecule has 1 aromatic rings. The number of carboxylic acid groups (broad SMARTS) is 1. The van der Waals surface area contributed by atoms with Gasteiger partial charge >= 0.3 is 5.97 Å². The van der Waals surface area contributed by atoms with E-state index in [1.54, 1.807) is 0 Å². The predicted octanol–water partition coefficient (Wildman–Crippen LogP) is 0.932. The number of ether oxygens (including phenoxy) is 4. The number of carbonyl (C=O) groups excluding carboxylic acids is 1. The smallest absolute Gasteiger partial charge is 0.326 e. The summed E-state index contributed by atoms with van der Waals surface area (Å²) in [6.45, 7) is 0.209. The molecule has 1 amide bonds. The van der Waals surface area contributed by atoms with Gasteiger partial charge in [-0.3, -0.25) is 4.79 Å². The molecule has 0 saturated carbocycles. The number of amides is 1. The Kier molecular flexibility index (Phi) is 7.14. The zero-order valence-corrected chi connectivity index (χ0v) is 13.5. The van der Waals surface area contributed by atoms with Gasteiger partial charge < -0.3 is 29.4 Å². The summed E-state index contributed by atoms with van der Waals surface area (Å²) in [5.74, 6) is -0.755. The molecule has 8 heteroatoms. The van der Waals surface area contributed by atoms with Gasteiger partial charge in [0.15, 0.2) is 11.5 Å². The molecule has 1 atom stereocenters. The minimum atomic E-state index is -1.14. The largest absolute Gasteiger partial charge is 0.496 e. The first-order chi connectivity index (χ1) is 11.0. The van der Waals surface area contributed by atoms with Crippen LogP contribution in [0.4, 0.5) is 0 Å². The SMILES string of the molecule is COCCC(NC(=O)c1cc(OC)c(OC)cc1OC)C(=O)O. The molecule has 0 aromatic heterocycles. The normalized spacial score (nSPS) is 11.5. The van der Waals surface area contributed by atoms with Crippen molar-refractivity contribution in [2.45, 2.75) is 12.5 Å². The number of benzene rings is 1. The van der Waals surface area contributed by atoms with Crippen molar-refractivity contribution in [3.63, 3.8) is 0 Å². The van der Waals surface area contributed by atoms with Crippen LogP contribution in [0.3, 0.4) is 0 Å². The first-order valence-corrected chi connectivity index (χ1v) is 6.81. The van der Waals surface area contributed by atoms with Gasteiger partial charge in [-0.15, -0.1) is 0 Å². The lowest BCUT2D eigenvalue weighted by Gasteiger charge is -2.17. The molecule has 128 valence electrons. The van der Waals surface area contributed by atoms with E-state index >= 15 is 0 Å². The Bertz CT molecular complexity index is 559. The van der Waals surface area contributed by atoms with E-state index in [9.17, 15) is 9.59 Å². The number of carbonyl (C=O) groups is 2. The van der Waals surface area contributed by atoms with Gasteiger partial charge in [-0.2, -0.15) is 0 Å². The summed E-state index contributed by atoms with van der Waals surface area (Å²) in [6, 6.07) is 1.86. The highest BCUT2D eigenvalue weighted by molar-refractivity contribution is 5.99. The van der Waals surface area contributed by atoms with Crippen LogP contribution in [0.5, 0.6) is 17.2 Å². The number of methoxy groups -OCH3 is 4. The molecule has 2 N–H and O–H groups in total. The molecule has 0 bridgehead atoms. The Hall–Kier alpha value is -2.48. The molecular weight excluding hydrogens is 306 g/mol. The van der Waals surface area contributed by atoms with E-state index in [1.165, 1.54) is 40.6 Å². The molecule has 0 aliphatic carbocycles. The molecule has 0 aliphatic rings. The fraction of sp³-hybridized carbons (Fsp3) is 0.467. The Balaban J connectivity index is 3.07. The van der Waals surface area contributed by atoms with Gasteiger partial charge in [-0.1, -0.05) is 0 Å². The van der Waals surface area contributed by atoms with Crippen molar-refractivity contribution < 1.29 is 33.6 Å². The van der Waals surface area contributed by atoms with Crippen LogP contribution in [0.2, 0.25) is 0 Å². The van der Waals surface area contributed by atoms with Crippen molar-refractivity contribution in [3.05, 3.63) is 17.7 Å². The highest BCUT2D eigenvalue weighted by atomic mass is 16.5. The van der Waals surface area contributed by atoms with Crippen molar-refractivity contribution >= 4 is 11.9 Å². The topological polar surface area (TPSA) is 103 Å². The summed E-state index contributed by atoms with van der Waals surface area (Å²) in [6.07, 6.45) is 0.146. The third kappa shape index (κ3) is 4.75. The standard InChI is InChI=1S/C15H21NO7/c1-20-6-5-10(15(18)19)16-14(17)9-7-12(22-3)13(23-4)8-11(9)21-2/h7-8,10H,5-6H2,1-4H3,(H,16,17)(H,18,19). The van der Waals surface area contributed by atoms with Crippen LogP contribution in [-0.2, 0) is 9.53 Å². The zero-order chi connectivity index (χ0) is 17.4. The fourth-order valence-corrected chi connectivity index (χ4v) is 1.94. The van der Waals surface area contributed by atoms with Crippen LogP contribution in [0.15, 0.2) is 12.1 Å². The first kappa shape index (κ1) is 18.6. The number of hydrogen-bond donors (Lipinski definition) is 2. The predicted molar refractivity (Wildman–Crippen MR) is 81.5 cm³/mol. The summed E-state index contributed by atoms with van der Waals surface area (Å²) in [7, 11) is 5.75. The molecule has 1 rings (SSSR count). The van der Waals surface area contributed by atoms with Crippen LogP contribution >= 0.6 is 0 Å². The van der Waals surface area contributed by atoms with Crippen LogP contribution in [-0.4, -0.2) is 58.1 Å². The zero-order valence-electron chi connectivity index (χ0n) is 13.5. The van der Waals surface area contributed by atoms with Crippen molar-refractivity contribution in [3.8, 4) is 17.2 Å². The average Bonchev–Trinajstić information content (AvgIpc) is 2.56. The van der Waals surface area contributed by atoms with Gasteiger partial charge in [0.2, 0.25) is 0 Å². The van der Waals surface area contributed by atoms with Crippen molar-refractivity contribution in [2.24, 2.45) is 0 Å². The molecular formula is C15H21NO7. The maximum absolute atomic E-state index is 12.4. The van der Waals surface area contributed by atoms with Crippen molar-refractivity contribution in [2.75, 3.05) is 35.0 Å². The highest BCUT2D eigenvalue weighted by Gasteiger charge is 2.24. The minimum Gasteiger partial charge on any atom is -0.496 e. The molecule has 0 aliphatic heterocycles. The Morgan fingerprint density at radius 2 is 1.61 bits per heavy atom. The van der Waals surface area contributed by atoms with Gasteiger partial charge in [0, 0.05) is 32.3 Å². The molecule has 8 nitrogen and oxygen atoms in total. The Morgan fingerprint density at radius 3 is 2.09 bits per heavy atom. The molecule has 0 saturated heterocycles. The molecule has 0 radical (unpaired) electrons. The van der Waals surface area contributed by atoms with Crippen molar-refractivity contribution in [1.82, 2.24) is 5.32 Å². The van der Waals surface area contributed by atoms with E-state index in [-0.39, 0.29) is 24.3 Å². The summed E-state index contributed by atoms with van der Waals surface area (Å²) in [5.41, 5.74) is 0.147. The van der Waals surface area contributed by atoms with Gasteiger partial charge in [0.25, 0.3) is 5.91 Å². The van der Waals surface area contributed by atoms with Gasteiger partial charge in [-0.25, -0.2) is 4.79 Å². The fourth-order valence-electron chi connectivity index (χ4n) is 1.94. The lowest BCUT2D eigenvalue weighted by molar-refractivity contribution is -0.139. The van der Waals surface area contributed by atoms with E-state index in [2.05, 4.69) is 5.32 Å². The Labute approximate surface area is 134 Å². The first-order valence-electron chi connectivity index (χ1n) is 6.81. The lowest BCUT2D eigenvalue weighted by atomic mass is 10.1. The molecule has 0 spiro atoms. The summed E-state index contributed by atoms with van der Waals surface area (Å²) in [4.78, 5) is 23.6. The van der Waals surface area contributed by atoms with E-state index in [4.69, 9.17) is 24.1 Å². The number of rotatable bonds is 9. The third-order valence-electron chi connectivity index (χ3n) is 3.16. The number of nitrogens with one attached hydrogen (secondary N) is 1. The summed E-state index contributed by atoms with van der Waals surface area (Å²) < 4.78 is 20.3. The van der Waals surface area contributed by atoms with E-state index in [1.807, 2.05) is 0 Å². The van der Waals surface area contributed by atoms with Gasteiger partial charge in [0.05, 0.1) is 26.9 Å². The summed E-state index contributed by atoms with van der Waals surface area (Å²) in [5, 5.41) is 11.6. The second-order valence-corrected chi connectivity index (χ2v) is 4.55.